The quantitative estimate of drug-likeness (QED) is 0.818. The van der Waals surface area contributed by atoms with Crippen LogP contribution in [0.1, 0.15) is 5.82 Å². The predicted octanol–water partition coefficient (Wildman–Crippen LogP) is 0.959. The van der Waals surface area contributed by atoms with Gasteiger partial charge in [-0.1, -0.05) is 5.16 Å². The van der Waals surface area contributed by atoms with Crippen molar-refractivity contribution in [2.75, 3.05) is 38.2 Å². The van der Waals surface area contributed by atoms with E-state index in [1.807, 2.05) is 19.1 Å². The third kappa shape index (κ3) is 2.26. The summed E-state index contributed by atoms with van der Waals surface area (Å²) in [6.07, 6.45) is 2.03. The number of morpholine rings is 1. The number of aromatic nitrogens is 3. The Bertz CT molecular complexity index is 673. The Hall–Kier alpha value is -1.99. The van der Waals surface area contributed by atoms with Crippen molar-refractivity contribution in [3.8, 4) is 11.5 Å². The van der Waals surface area contributed by atoms with E-state index in [2.05, 4.69) is 32.0 Å². The van der Waals surface area contributed by atoms with E-state index < -0.39 is 0 Å². The van der Waals surface area contributed by atoms with Crippen LogP contribution in [0.5, 0.6) is 0 Å². The second kappa shape index (κ2) is 5.33. The fourth-order valence-corrected chi connectivity index (χ4v) is 3.25. The summed E-state index contributed by atoms with van der Waals surface area (Å²) in [6, 6.07) is 4.28. The first kappa shape index (κ1) is 13.7. The Labute approximate surface area is 128 Å². The molecular weight excluding hydrogens is 282 g/mol. The highest BCUT2D eigenvalue weighted by atomic mass is 16.5. The van der Waals surface area contributed by atoms with E-state index in [4.69, 9.17) is 9.26 Å². The number of aryl methyl sites for hydroxylation is 1. The lowest BCUT2D eigenvalue weighted by Gasteiger charge is -2.33. The zero-order valence-corrected chi connectivity index (χ0v) is 12.8. The van der Waals surface area contributed by atoms with Crippen molar-refractivity contribution in [3.05, 3.63) is 24.2 Å². The topological polar surface area (TPSA) is 67.5 Å². The smallest absolute Gasteiger partial charge is 0.261 e. The zero-order chi connectivity index (χ0) is 15.1. The second-order valence-electron chi connectivity index (χ2n) is 5.88. The Balaban J connectivity index is 1.66. The first-order valence-electron chi connectivity index (χ1n) is 7.55. The van der Waals surface area contributed by atoms with Crippen molar-refractivity contribution in [3.63, 3.8) is 0 Å². The molecule has 0 saturated carbocycles. The monoisotopic (exact) mass is 301 g/mol. The second-order valence-corrected chi connectivity index (χ2v) is 5.88. The highest BCUT2D eigenvalue weighted by Gasteiger charge is 2.39. The Morgan fingerprint density at radius 2 is 2.23 bits per heavy atom. The van der Waals surface area contributed by atoms with E-state index in [1.165, 1.54) is 0 Å². The van der Waals surface area contributed by atoms with Gasteiger partial charge < -0.3 is 14.2 Å². The molecule has 7 heteroatoms. The lowest BCUT2D eigenvalue weighted by molar-refractivity contribution is -0.0362. The number of nitrogens with zero attached hydrogens (tertiary/aromatic N) is 5. The van der Waals surface area contributed by atoms with E-state index >= 15 is 0 Å². The van der Waals surface area contributed by atoms with Gasteiger partial charge in [0.05, 0.1) is 24.3 Å². The highest BCUT2D eigenvalue weighted by molar-refractivity contribution is 5.70. The van der Waals surface area contributed by atoms with Crippen molar-refractivity contribution >= 4 is 5.82 Å². The Morgan fingerprint density at radius 3 is 3.00 bits per heavy atom. The molecule has 2 atom stereocenters. The van der Waals surface area contributed by atoms with Gasteiger partial charge in [-0.2, -0.15) is 4.98 Å². The summed E-state index contributed by atoms with van der Waals surface area (Å²) < 4.78 is 11.2. The Morgan fingerprint density at radius 1 is 1.32 bits per heavy atom. The average Bonchev–Trinajstić information content (AvgIpc) is 3.14. The van der Waals surface area contributed by atoms with Gasteiger partial charge >= 0.3 is 0 Å². The number of hydrogen-bond acceptors (Lipinski definition) is 7. The molecule has 2 aromatic heterocycles. The first-order valence-corrected chi connectivity index (χ1v) is 7.55. The van der Waals surface area contributed by atoms with Crippen LogP contribution >= 0.6 is 0 Å². The van der Waals surface area contributed by atoms with Crippen molar-refractivity contribution in [2.24, 2.45) is 0 Å². The van der Waals surface area contributed by atoms with Crippen molar-refractivity contribution < 1.29 is 9.26 Å². The summed E-state index contributed by atoms with van der Waals surface area (Å²) in [5, 5.41) is 3.88. The number of fused-ring (bicyclic) bond motifs is 1. The predicted molar refractivity (Wildman–Crippen MR) is 80.6 cm³/mol. The molecule has 4 heterocycles. The number of hydrogen-bond donors (Lipinski definition) is 0. The Kier molecular flexibility index (Phi) is 3.31. The zero-order valence-electron chi connectivity index (χ0n) is 12.8. The number of rotatable bonds is 2. The van der Waals surface area contributed by atoms with Crippen LogP contribution in [0.4, 0.5) is 5.82 Å². The normalized spacial score (nSPS) is 25.5. The summed E-state index contributed by atoms with van der Waals surface area (Å²) in [5.74, 6) is 2.03. The molecule has 0 spiro atoms. The van der Waals surface area contributed by atoms with Gasteiger partial charge in [0.2, 0.25) is 0 Å². The molecule has 116 valence electrons. The molecule has 22 heavy (non-hydrogen) atoms. The number of likely N-dealkylation sites (N-methyl/N-ethyl adjacent to an activating group) is 1. The van der Waals surface area contributed by atoms with Crippen LogP contribution < -0.4 is 4.90 Å². The van der Waals surface area contributed by atoms with Gasteiger partial charge in [-0.05, 0) is 26.1 Å². The van der Waals surface area contributed by atoms with Gasteiger partial charge in [0.15, 0.2) is 5.82 Å². The van der Waals surface area contributed by atoms with E-state index in [0.29, 0.717) is 17.8 Å². The van der Waals surface area contributed by atoms with Gasteiger partial charge in [0, 0.05) is 25.8 Å². The van der Waals surface area contributed by atoms with E-state index in [9.17, 15) is 0 Å². The first-order chi connectivity index (χ1) is 10.7. The summed E-state index contributed by atoms with van der Waals surface area (Å²) in [6.45, 7) is 5.33. The fraction of sp³-hybridized carbons (Fsp3) is 0.533. The lowest BCUT2D eigenvalue weighted by Crippen LogP contribution is -2.48. The largest absolute Gasteiger partial charge is 0.373 e. The molecule has 7 nitrogen and oxygen atoms in total. The lowest BCUT2D eigenvalue weighted by atomic mass is 10.1. The molecule has 2 saturated heterocycles. The summed E-state index contributed by atoms with van der Waals surface area (Å²) >= 11 is 0. The minimum Gasteiger partial charge on any atom is -0.373 e. The van der Waals surface area contributed by atoms with E-state index in [1.54, 1.807) is 6.20 Å². The molecule has 2 aliphatic rings. The molecule has 4 rings (SSSR count). The van der Waals surface area contributed by atoms with Crippen LogP contribution in [0.15, 0.2) is 22.9 Å². The SMILES string of the molecule is Cc1noc(-c2cccnc2N2CC3OCCN(C)C3C2)n1. The van der Waals surface area contributed by atoms with Crippen molar-refractivity contribution in [1.29, 1.82) is 0 Å². The average molecular weight is 301 g/mol. The van der Waals surface area contributed by atoms with Gasteiger partial charge in [-0.25, -0.2) is 4.98 Å². The molecule has 2 fully saturated rings. The van der Waals surface area contributed by atoms with Gasteiger partial charge in [-0.3, -0.25) is 4.90 Å². The molecule has 0 aromatic carbocycles. The number of anilines is 1. The van der Waals surface area contributed by atoms with Crippen LogP contribution in [0, 0.1) is 6.92 Å². The molecule has 2 aromatic rings. The maximum atomic E-state index is 5.91. The van der Waals surface area contributed by atoms with Crippen LogP contribution in [-0.4, -0.2) is 65.5 Å². The van der Waals surface area contributed by atoms with Crippen molar-refractivity contribution in [2.45, 2.75) is 19.1 Å². The van der Waals surface area contributed by atoms with Gasteiger partial charge in [0.25, 0.3) is 5.89 Å². The number of pyridine rings is 1. The van der Waals surface area contributed by atoms with Crippen molar-refractivity contribution in [1.82, 2.24) is 20.0 Å². The highest BCUT2D eigenvalue weighted by Crippen LogP contribution is 2.32. The molecule has 0 bridgehead atoms. The molecule has 0 aliphatic carbocycles. The summed E-state index contributed by atoms with van der Waals surface area (Å²) in [7, 11) is 2.16. The molecule has 0 N–H and O–H groups in total. The third-order valence-corrected chi connectivity index (χ3v) is 4.42. The minimum absolute atomic E-state index is 0.234. The molecule has 2 aliphatic heterocycles. The van der Waals surface area contributed by atoms with Gasteiger partial charge in [-0.15, -0.1) is 0 Å². The molecular formula is C15H19N5O2. The minimum atomic E-state index is 0.234. The van der Waals surface area contributed by atoms with Crippen LogP contribution in [0.3, 0.4) is 0 Å². The molecule has 0 amide bonds. The van der Waals surface area contributed by atoms with Crippen LogP contribution in [0.25, 0.3) is 11.5 Å². The van der Waals surface area contributed by atoms with Gasteiger partial charge in [0.1, 0.15) is 5.82 Å². The third-order valence-electron chi connectivity index (χ3n) is 4.42. The maximum absolute atomic E-state index is 5.91. The fourth-order valence-electron chi connectivity index (χ4n) is 3.25. The standard InChI is InChI=1S/C15H19N5O2/c1-10-17-15(22-18-10)11-4-3-5-16-14(11)20-8-12-13(9-20)21-7-6-19(12)2/h3-5,12-13H,6-9H2,1-2H3. The summed E-state index contributed by atoms with van der Waals surface area (Å²) in [4.78, 5) is 13.5. The van der Waals surface area contributed by atoms with E-state index in [0.717, 1.165) is 37.6 Å². The summed E-state index contributed by atoms with van der Waals surface area (Å²) in [5.41, 5.74) is 0.879. The van der Waals surface area contributed by atoms with Crippen LogP contribution in [-0.2, 0) is 4.74 Å². The number of ether oxygens (including phenoxy) is 1. The molecule has 2 unspecified atom stereocenters. The van der Waals surface area contributed by atoms with Crippen LogP contribution in [0.2, 0.25) is 0 Å². The van der Waals surface area contributed by atoms with E-state index in [-0.39, 0.29) is 6.10 Å². The molecule has 0 radical (unpaired) electrons. The maximum Gasteiger partial charge on any atom is 0.261 e.